The number of fused-ring (bicyclic) bond motifs is 2. The molecule has 7 heteroatoms. The van der Waals surface area contributed by atoms with E-state index < -0.39 is 0 Å². The highest BCUT2D eigenvalue weighted by molar-refractivity contribution is 7.13. The Morgan fingerprint density at radius 2 is 1.91 bits per heavy atom. The van der Waals surface area contributed by atoms with Gasteiger partial charge in [0, 0.05) is 18.1 Å². The third-order valence-corrected chi connectivity index (χ3v) is 5.43. The van der Waals surface area contributed by atoms with Gasteiger partial charge >= 0.3 is 0 Å². The molecule has 1 amide bonds. The molecule has 2 saturated heterocycles. The van der Waals surface area contributed by atoms with Gasteiger partial charge in [-0.25, -0.2) is 4.98 Å². The van der Waals surface area contributed by atoms with Crippen LogP contribution < -0.4 is 10.6 Å². The lowest BCUT2D eigenvalue weighted by molar-refractivity contribution is 0.0927. The first kappa shape index (κ1) is 20.7. The molecular formula is C16H27Cl2N3OS. The van der Waals surface area contributed by atoms with Gasteiger partial charge in [-0.2, -0.15) is 0 Å². The predicted molar refractivity (Wildman–Crippen MR) is 100 cm³/mol. The van der Waals surface area contributed by atoms with Gasteiger partial charge in [-0.3, -0.25) is 4.79 Å². The summed E-state index contributed by atoms with van der Waals surface area (Å²) in [6, 6.07) is 1.53. The van der Waals surface area contributed by atoms with Gasteiger partial charge in [0.2, 0.25) is 0 Å². The van der Waals surface area contributed by atoms with Crippen LogP contribution in [0.5, 0.6) is 0 Å². The van der Waals surface area contributed by atoms with Crippen molar-refractivity contribution >= 4 is 42.1 Å². The highest BCUT2D eigenvalue weighted by Gasteiger charge is 2.34. The number of aromatic nitrogens is 1. The standard InChI is InChI=1S/C16H25N3OS.2ClH/c1-9(2)6-14-15(21-10(3)17-14)16(20)19-13-7-11-4-5-12(8-13)18-11;;/h9,11-13,18H,4-8H2,1-3H3,(H,19,20);2*1H. The molecule has 0 spiro atoms. The van der Waals surface area contributed by atoms with Crippen molar-refractivity contribution < 1.29 is 4.79 Å². The number of halogens is 2. The first-order valence-electron chi connectivity index (χ1n) is 8.04. The van der Waals surface area contributed by atoms with Gasteiger partial charge in [0.15, 0.2) is 0 Å². The number of carbonyl (C=O) groups is 1. The van der Waals surface area contributed by atoms with E-state index in [1.807, 2.05) is 6.92 Å². The maximum atomic E-state index is 12.6. The first-order chi connectivity index (χ1) is 10.0. The lowest BCUT2D eigenvalue weighted by Crippen LogP contribution is -2.48. The Bertz CT molecular complexity index is 523. The van der Waals surface area contributed by atoms with E-state index in [0.717, 1.165) is 34.8 Å². The topological polar surface area (TPSA) is 54.0 Å². The average molecular weight is 380 g/mol. The van der Waals surface area contributed by atoms with Crippen molar-refractivity contribution in [2.24, 2.45) is 5.92 Å². The molecule has 0 saturated carbocycles. The van der Waals surface area contributed by atoms with E-state index in [0.29, 0.717) is 24.0 Å². The molecule has 1 aromatic rings. The number of nitrogens with zero attached hydrogens (tertiary/aromatic N) is 1. The molecule has 3 rings (SSSR count). The molecule has 2 bridgehead atoms. The first-order valence-corrected chi connectivity index (χ1v) is 8.86. The van der Waals surface area contributed by atoms with Gasteiger partial charge in [0.25, 0.3) is 5.91 Å². The fraction of sp³-hybridized carbons (Fsp3) is 0.750. The van der Waals surface area contributed by atoms with Crippen LogP contribution in [-0.4, -0.2) is 29.0 Å². The zero-order valence-corrected chi connectivity index (χ0v) is 16.4. The van der Waals surface area contributed by atoms with Crippen LogP contribution in [0.25, 0.3) is 0 Å². The minimum Gasteiger partial charge on any atom is -0.348 e. The van der Waals surface area contributed by atoms with Gasteiger partial charge in [-0.1, -0.05) is 13.8 Å². The number of amides is 1. The molecule has 2 unspecified atom stereocenters. The molecule has 0 radical (unpaired) electrons. The molecule has 0 aliphatic carbocycles. The molecule has 2 N–H and O–H groups in total. The van der Waals surface area contributed by atoms with Gasteiger partial charge < -0.3 is 10.6 Å². The molecule has 1 aromatic heterocycles. The Kier molecular flexibility index (Phi) is 7.78. The van der Waals surface area contributed by atoms with Gasteiger partial charge in [0.1, 0.15) is 4.88 Å². The summed E-state index contributed by atoms with van der Waals surface area (Å²) in [4.78, 5) is 18.0. The highest BCUT2D eigenvalue weighted by atomic mass is 35.5. The number of carbonyl (C=O) groups excluding carboxylic acids is 1. The van der Waals surface area contributed by atoms with Crippen LogP contribution in [0.1, 0.15) is 59.9 Å². The van der Waals surface area contributed by atoms with Crippen LogP contribution in [0.2, 0.25) is 0 Å². The minimum absolute atomic E-state index is 0. The van der Waals surface area contributed by atoms with E-state index in [2.05, 4.69) is 29.5 Å². The summed E-state index contributed by atoms with van der Waals surface area (Å²) in [5.41, 5.74) is 0.974. The summed E-state index contributed by atoms with van der Waals surface area (Å²) in [5.74, 6) is 0.607. The van der Waals surface area contributed by atoms with E-state index >= 15 is 0 Å². The lowest BCUT2D eigenvalue weighted by atomic mass is 9.99. The Labute approximate surface area is 155 Å². The molecule has 2 fully saturated rings. The summed E-state index contributed by atoms with van der Waals surface area (Å²) in [6.45, 7) is 6.32. The van der Waals surface area contributed by atoms with Crippen LogP contribution in [0.4, 0.5) is 0 Å². The molecule has 2 aliphatic heterocycles. The number of piperidine rings is 1. The van der Waals surface area contributed by atoms with Crippen LogP contribution in [0.3, 0.4) is 0 Å². The average Bonchev–Trinajstić information content (AvgIpc) is 2.92. The summed E-state index contributed by atoms with van der Waals surface area (Å²) in [5, 5.41) is 7.86. The smallest absolute Gasteiger partial charge is 0.263 e. The zero-order chi connectivity index (χ0) is 15.0. The van der Waals surface area contributed by atoms with Crippen LogP contribution in [0.15, 0.2) is 0 Å². The molecule has 3 heterocycles. The molecule has 2 aliphatic rings. The van der Waals surface area contributed by atoms with Crippen molar-refractivity contribution in [3.8, 4) is 0 Å². The largest absolute Gasteiger partial charge is 0.348 e. The Balaban J connectivity index is 0.00000132. The molecular weight excluding hydrogens is 353 g/mol. The predicted octanol–water partition coefficient (Wildman–Crippen LogP) is 3.51. The number of hydrogen-bond donors (Lipinski definition) is 2. The molecule has 23 heavy (non-hydrogen) atoms. The van der Waals surface area contributed by atoms with E-state index in [1.54, 1.807) is 0 Å². The second-order valence-corrected chi connectivity index (χ2v) is 8.09. The SMILES string of the molecule is Cc1nc(CC(C)C)c(C(=O)NC2CC3CCC(C2)N3)s1.Cl.Cl. The molecule has 2 atom stereocenters. The van der Waals surface area contributed by atoms with E-state index in [-0.39, 0.29) is 30.7 Å². The van der Waals surface area contributed by atoms with E-state index in [9.17, 15) is 4.79 Å². The monoisotopic (exact) mass is 379 g/mol. The van der Waals surface area contributed by atoms with Gasteiger partial charge in [-0.05, 0) is 44.9 Å². The van der Waals surface area contributed by atoms with Crippen molar-refractivity contribution in [1.82, 2.24) is 15.6 Å². The van der Waals surface area contributed by atoms with E-state index in [4.69, 9.17) is 0 Å². The minimum atomic E-state index is 0. The van der Waals surface area contributed by atoms with Crippen molar-refractivity contribution in [3.05, 3.63) is 15.6 Å². The second kappa shape index (κ2) is 8.65. The Hall–Kier alpha value is -0.360. The maximum Gasteiger partial charge on any atom is 0.263 e. The molecule has 4 nitrogen and oxygen atoms in total. The molecule has 132 valence electrons. The number of hydrogen-bond acceptors (Lipinski definition) is 4. The highest BCUT2D eigenvalue weighted by Crippen LogP contribution is 2.27. The van der Waals surface area contributed by atoms with E-state index in [1.165, 1.54) is 24.2 Å². The zero-order valence-electron chi connectivity index (χ0n) is 13.9. The summed E-state index contributed by atoms with van der Waals surface area (Å²) < 4.78 is 0. The summed E-state index contributed by atoms with van der Waals surface area (Å²) >= 11 is 1.53. The van der Waals surface area contributed by atoms with Crippen LogP contribution in [-0.2, 0) is 6.42 Å². The third-order valence-electron chi connectivity index (χ3n) is 4.42. The van der Waals surface area contributed by atoms with Gasteiger partial charge in [0.05, 0.1) is 10.7 Å². The van der Waals surface area contributed by atoms with Gasteiger partial charge in [-0.15, -0.1) is 36.2 Å². The van der Waals surface area contributed by atoms with Crippen molar-refractivity contribution in [3.63, 3.8) is 0 Å². The number of nitrogens with one attached hydrogen (secondary N) is 2. The summed E-state index contributed by atoms with van der Waals surface area (Å²) in [7, 11) is 0. The Morgan fingerprint density at radius 3 is 2.48 bits per heavy atom. The number of aryl methyl sites for hydroxylation is 1. The fourth-order valence-electron chi connectivity index (χ4n) is 3.60. The lowest BCUT2D eigenvalue weighted by Gasteiger charge is -2.29. The maximum absolute atomic E-state index is 12.6. The summed E-state index contributed by atoms with van der Waals surface area (Å²) in [6.07, 6.45) is 5.54. The Morgan fingerprint density at radius 1 is 1.30 bits per heavy atom. The third kappa shape index (κ3) is 5.05. The van der Waals surface area contributed by atoms with Crippen LogP contribution in [0, 0.1) is 12.8 Å². The van der Waals surface area contributed by atoms with Crippen molar-refractivity contribution in [2.45, 2.75) is 71.0 Å². The molecule has 0 aromatic carbocycles. The second-order valence-electron chi connectivity index (χ2n) is 6.89. The van der Waals surface area contributed by atoms with Crippen LogP contribution >= 0.6 is 36.2 Å². The quantitative estimate of drug-likeness (QED) is 0.841. The van der Waals surface area contributed by atoms with Crippen molar-refractivity contribution in [2.75, 3.05) is 0 Å². The number of thiazole rings is 1. The van der Waals surface area contributed by atoms with Crippen molar-refractivity contribution in [1.29, 1.82) is 0 Å². The number of rotatable bonds is 4. The fourth-order valence-corrected chi connectivity index (χ4v) is 4.45. The normalized spacial score (nSPS) is 25.7.